The van der Waals surface area contributed by atoms with Crippen molar-refractivity contribution in [2.75, 3.05) is 71.3 Å². The molecule has 3 heterocycles. The highest BCUT2D eigenvalue weighted by Crippen LogP contribution is 2.49. The Morgan fingerprint density at radius 3 is 2.65 bits per heavy atom. The number of ether oxygens (including phenoxy) is 3. The molecule has 1 aliphatic carbocycles. The van der Waals surface area contributed by atoms with E-state index in [1.807, 2.05) is 35.2 Å². The van der Waals surface area contributed by atoms with Gasteiger partial charge in [-0.3, -0.25) is 14.7 Å². The largest absolute Gasteiger partial charge is 0.497 e. The number of aromatic nitrogens is 3. The lowest BCUT2D eigenvalue weighted by molar-refractivity contribution is -0.130. The normalized spacial score (nSPS) is 20.8. The van der Waals surface area contributed by atoms with Crippen LogP contribution in [0.1, 0.15) is 25.3 Å². The second-order valence-corrected chi connectivity index (χ2v) is 10.5. The Labute approximate surface area is 235 Å². The van der Waals surface area contributed by atoms with Crippen molar-refractivity contribution in [2.45, 2.75) is 31.8 Å². The molecule has 1 amide bonds. The summed E-state index contributed by atoms with van der Waals surface area (Å²) in [6.07, 6.45) is 3.81. The van der Waals surface area contributed by atoms with Gasteiger partial charge >= 0.3 is 0 Å². The molecular weight excluding hydrogens is 510 g/mol. The molecule has 40 heavy (non-hydrogen) atoms. The zero-order valence-electron chi connectivity index (χ0n) is 23.8. The first-order valence-electron chi connectivity index (χ1n) is 13.8. The zero-order valence-corrected chi connectivity index (χ0v) is 23.8. The second kappa shape index (κ2) is 12.2. The number of rotatable bonds is 12. The number of amides is 1. The number of pyridine rings is 1. The van der Waals surface area contributed by atoms with Crippen LogP contribution in [0.25, 0.3) is 11.0 Å². The van der Waals surface area contributed by atoms with Crippen molar-refractivity contribution in [3.63, 3.8) is 0 Å². The first kappa shape index (κ1) is 27.9. The van der Waals surface area contributed by atoms with Gasteiger partial charge in [-0.05, 0) is 49.6 Å². The SMILES string of the molecule is COC[C@@]1(Nc2nc(NCc3ccc(OC)cc3OC)nc3cccnc23)C[C@H]1CCN1CCN(C(C)=O)CC1. The molecular formula is C29H39N7O4. The van der Waals surface area contributed by atoms with Gasteiger partial charge in [0.05, 0.1) is 31.9 Å². The van der Waals surface area contributed by atoms with Gasteiger partial charge in [-0.1, -0.05) is 0 Å². The van der Waals surface area contributed by atoms with E-state index in [9.17, 15) is 4.79 Å². The van der Waals surface area contributed by atoms with E-state index in [0.717, 1.165) is 73.7 Å². The summed E-state index contributed by atoms with van der Waals surface area (Å²) in [6, 6.07) is 9.56. The Bertz CT molecular complexity index is 1330. The van der Waals surface area contributed by atoms with E-state index < -0.39 is 0 Å². The lowest BCUT2D eigenvalue weighted by Gasteiger charge is -2.34. The van der Waals surface area contributed by atoms with Gasteiger partial charge in [0.2, 0.25) is 11.9 Å². The van der Waals surface area contributed by atoms with Crippen LogP contribution >= 0.6 is 0 Å². The molecule has 1 saturated heterocycles. The topological polar surface area (TPSA) is 114 Å². The number of methoxy groups -OCH3 is 3. The van der Waals surface area contributed by atoms with Gasteiger partial charge < -0.3 is 29.7 Å². The fourth-order valence-electron chi connectivity index (χ4n) is 5.55. The smallest absolute Gasteiger partial charge is 0.225 e. The highest BCUT2D eigenvalue weighted by molar-refractivity contribution is 5.86. The van der Waals surface area contributed by atoms with Gasteiger partial charge in [-0.2, -0.15) is 4.98 Å². The minimum Gasteiger partial charge on any atom is -0.497 e. The second-order valence-electron chi connectivity index (χ2n) is 10.5. The fraction of sp³-hybridized carbons (Fsp3) is 0.517. The van der Waals surface area contributed by atoms with Crippen molar-refractivity contribution in [1.82, 2.24) is 24.8 Å². The van der Waals surface area contributed by atoms with Crippen LogP contribution in [0.2, 0.25) is 0 Å². The average molecular weight is 550 g/mol. The molecule has 3 aromatic rings. The predicted molar refractivity (Wildman–Crippen MR) is 154 cm³/mol. The zero-order chi connectivity index (χ0) is 28.1. The van der Waals surface area contributed by atoms with E-state index in [1.54, 1.807) is 34.4 Å². The highest BCUT2D eigenvalue weighted by Gasteiger charge is 2.54. The number of nitrogens with zero attached hydrogens (tertiary/aromatic N) is 5. The predicted octanol–water partition coefficient (Wildman–Crippen LogP) is 3.03. The standard InChI is InChI=1S/C29H39N7O4/c1-20(37)36-14-12-35(13-15-36)11-9-22-17-29(22,19-38-2)34-27-26-24(6-5-10-30-26)32-28(33-27)31-18-21-7-8-23(39-3)16-25(21)40-4/h5-8,10,16,22H,9,11-15,17-19H2,1-4H3,(H2,31,32,33,34)/t22-,29+/m1/s1. The lowest BCUT2D eigenvalue weighted by Crippen LogP contribution is -2.48. The van der Waals surface area contributed by atoms with Crippen molar-refractivity contribution in [1.29, 1.82) is 0 Å². The Morgan fingerprint density at radius 2 is 1.93 bits per heavy atom. The molecule has 0 radical (unpaired) electrons. The molecule has 1 aromatic carbocycles. The van der Waals surface area contributed by atoms with Gasteiger partial charge in [-0.15, -0.1) is 0 Å². The summed E-state index contributed by atoms with van der Waals surface area (Å²) in [7, 11) is 5.02. The molecule has 11 heteroatoms. The summed E-state index contributed by atoms with van der Waals surface area (Å²) < 4.78 is 16.5. The molecule has 2 aliphatic rings. The third kappa shape index (κ3) is 6.20. The molecule has 214 valence electrons. The minimum atomic E-state index is -0.203. The first-order chi connectivity index (χ1) is 19.4. The number of fused-ring (bicyclic) bond motifs is 1. The summed E-state index contributed by atoms with van der Waals surface area (Å²) in [6.45, 7) is 7.17. The van der Waals surface area contributed by atoms with Crippen LogP contribution in [-0.2, 0) is 16.1 Å². The van der Waals surface area contributed by atoms with Crippen molar-refractivity contribution < 1.29 is 19.0 Å². The number of nitrogens with one attached hydrogen (secondary N) is 2. The summed E-state index contributed by atoms with van der Waals surface area (Å²) in [5, 5.41) is 7.08. The van der Waals surface area contributed by atoms with E-state index in [2.05, 4.69) is 20.5 Å². The van der Waals surface area contributed by atoms with Gasteiger partial charge in [0.15, 0.2) is 5.82 Å². The van der Waals surface area contributed by atoms with Crippen LogP contribution in [0.4, 0.5) is 11.8 Å². The number of hydrogen-bond donors (Lipinski definition) is 2. The van der Waals surface area contributed by atoms with Crippen LogP contribution in [0.15, 0.2) is 36.5 Å². The van der Waals surface area contributed by atoms with E-state index in [4.69, 9.17) is 24.2 Å². The molecule has 2 fully saturated rings. The molecule has 2 atom stereocenters. The van der Waals surface area contributed by atoms with Crippen molar-refractivity contribution >= 4 is 28.7 Å². The van der Waals surface area contributed by atoms with E-state index in [1.165, 1.54) is 0 Å². The number of piperazine rings is 1. The Kier molecular flexibility index (Phi) is 8.51. The summed E-state index contributed by atoms with van der Waals surface area (Å²) >= 11 is 0. The summed E-state index contributed by atoms with van der Waals surface area (Å²) in [5.41, 5.74) is 2.26. The molecule has 1 aliphatic heterocycles. The van der Waals surface area contributed by atoms with Crippen LogP contribution in [-0.4, -0.2) is 96.9 Å². The average Bonchev–Trinajstić information content (AvgIpc) is 3.66. The maximum Gasteiger partial charge on any atom is 0.225 e. The quantitative estimate of drug-likeness (QED) is 0.349. The number of benzene rings is 1. The molecule has 2 N–H and O–H groups in total. The highest BCUT2D eigenvalue weighted by atomic mass is 16.5. The number of hydrogen-bond acceptors (Lipinski definition) is 10. The van der Waals surface area contributed by atoms with Crippen LogP contribution < -0.4 is 20.1 Å². The molecule has 1 saturated carbocycles. The minimum absolute atomic E-state index is 0.160. The Hall–Kier alpha value is -3.70. The Morgan fingerprint density at radius 1 is 1.10 bits per heavy atom. The molecule has 11 nitrogen and oxygen atoms in total. The van der Waals surface area contributed by atoms with Crippen LogP contribution in [0.3, 0.4) is 0 Å². The maximum absolute atomic E-state index is 11.7. The third-order valence-corrected chi connectivity index (χ3v) is 8.00. The first-order valence-corrected chi connectivity index (χ1v) is 13.8. The van der Waals surface area contributed by atoms with Gasteiger partial charge in [0.25, 0.3) is 0 Å². The van der Waals surface area contributed by atoms with E-state index in [-0.39, 0.29) is 11.4 Å². The summed E-state index contributed by atoms with van der Waals surface area (Å²) in [4.78, 5) is 30.2. The van der Waals surface area contributed by atoms with Gasteiger partial charge in [0, 0.05) is 64.6 Å². The summed E-state index contributed by atoms with van der Waals surface area (Å²) in [5.74, 6) is 3.29. The molecule has 0 spiro atoms. The van der Waals surface area contributed by atoms with E-state index in [0.29, 0.717) is 30.8 Å². The molecule has 2 aromatic heterocycles. The van der Waals surface area contributed by atoms with Crippen molar-refractivity contribution in [3.05, 3.63) is 42.1 Å². The lowest BCUT2D eigenvalue weighted by atomic mass is 10.1. The number of carbonyl (C=O) groups excluding carboxylic acids is 1. The maximum atomic E-state index is 11.7. The van der Waals surface area contributed by atoms with Gasteiger partial charge in [-0.25, -0.2) is 4.98 Å². The van der Waals surface area contributed by atoms with Crippen molar-refractivity contribution in [3.8, 4) is 11.5 Å². The number of carbonyl (C=O) groups is 1. The molecule has 5 rings (SSSR count). The molecule has 0 bridgehead atoms. The Balaban J connectivity index is 1.29. The molecule has 0 unspecified atom stereocenters. The van der Waals surface area contributed by atoms with E-state index >= 15 is 0 Å². The monoisotopic (exact) mass is 549 g/mol. The van der Waals surface area contributed by atoms with Crippen LogP contribution in [0, 0.1) is 5.92 Å². The van der Waals surface area contributed by atoms with Crippen molar-refractivity contribution in [2.24, 2.45) is 5.92 Å². The fourth-order valence-corrected chi connectivity index (χ4v) is 5.55. The number of anilines is 2. The van der Waals surface area contributed by atoms with Crippen LogP contribution in [0.5, 0.6) is 11.5 Å². The third-order valence-electron chi connectivity index (χ3n) is 8.00. The van der Waals surface area contributed by atoms with Gasteiger partial charge in [0.1, 0.15) is 17.0 Å².